The van der Waals surface area contributed by atoms with Crippen LogP contribution in [0.4, 0.5) is 0 Å². The topological polar surface area (TPSA) is 83.2 Å². The van der Waals surface area contributed by atoms with Gasteiger partial charge in [-0.15, -0.1) is 0 Å². The molecule has 0 unspecified atom stereocenters. The van der Waals surface area contributed by atoms with E-state index in [1.807, 2.05) is 12.1 Å². The van der Waals surface area contributed by atoms with Crippen molar-refractivity contribution in [2.75, 3.05) is 92.1 Å². The molecule has 8 nitrogen and oxygen atoms in total. The Kier molecular flexibility index (Phi) is 41.0. The van der Waals surface area contributed by atoms with E-state index in [0.29, 0.717) is 22.7 Å². The van der Waals surface area contributed by atoms with Crippen molar-refractivity contribution in [2.45, 2.75) is 58.0 Å². The van der Waals surface area contributed by atoms with Crippen LogP contribution in [0.15, 0.2) is 24.3 Å². The predicted molar refractivity (Wildman–Crippen MR) is 177 cm³/mol. The van der Waals surface area contributed by atoms with Crippen LogP contribution in [0.5, 0.6) is 0 Å². The van der Waals surface area contributed by atoms with Gasteiger partial charge in [0, 0.05) is 75.2 Å². The number of aryl methyl sites for hydroxylation is 1. The number of fused-ring (bicyclic) bond motifs is 15. The maximum atomic E-state index is 7.50. The normalized spacial score (nSPS) is 19.9. The van der Waals surface area contributed by atoms with Crippen molar-refractivity contribution in [3.63, 3.8) is 0 Å². The summed E-state index contributed by atoms with van der Waals surface area (Å²) in [5.41, 5.74) is 1.34. The Morgan fingerprint density at radius 2 is 0.977 bits per heavy atom. The molecule has 4 radical (unpaired) electrons. The van der Waals surface area contributed by atoms with Crippen molar-refractivity contribution in [2.24, 2.45) is 0 Å². The summed E-state index contributed by atoms with van der Waals surface area (Å²) in [5.74, 6) is 0. The molecule has 3 fully saturated rings. The summed E-state index contributed by atoms with van der Waals surface area (Å²) in [7, 11) is 4.39. The molecule has 4 rings (SSSR count). The molecule has 0 amide bonds. The van der Waals surface area contributed by atoms with E-state index in [2.05, 4.69) is 102 Å². The molecule has 3 aliphatic rings. The van der Waals surface area contributed by atoms with Crippen molar-refractivity contribution in [3.05, 3.63) is 43.1 Å². The van der Waals surface area contributed by atoms with Gasteiger partial charge in [0.05, 0.1) is 52.9 Å². The fourth-order valence-electron chi connectivity index (χ4n) is 3.10. The maximum Gasteiger partial charge on any atom is 0 e. The summed E-state index contributed by atoms with van der Waals surface area (Å²) in [6, 6.07) is 8.24. The number of nitrogens with zero attached hydrogens (tertiary/aromatic N) is 2. The summed E-state index contributed by atoms with van der Waals surface area (Å²) >= 11 is -0.225. The molecule has 3 saturated heterocycles. The van der Waals surface area contributed by atoms with Crippen molar-refractivity contribution in [1.82, 2.24) is 9.80 Å². The first-order valence-electron chi connectivity index (χ1n) is 14.0. The third-order valence-corrected chi connectivity index (χ3v) is 21.9. The molecule has 43 heavy (non-hydrogen) atoms. The number of ether oxygens (including phenoxy) is 4. The first-order chi connectivity index (χ1) is 19.6. The van der Waals surface area contributed by atoms with Crippen LogP contribution in [0.3, 0.4) is 0 Å². The first kappa shape index (κ1) is 51.0. The Labute approximate surface area is 301 Å². The predicted octanol–water partition coefficient (Wildman–Crippen LogP) is 4.52. The molecule has 13 heteroatoms. The van der Waals surface area contributed by atoms with Crippen LogP contribution >= 0.6 is 17.9 Å². The van der Waals surface area contributed by atoms with Crippen molar-refractivity contribution in [1.29, 1.82) is 0 Å². The smallest absolute Gasteiger partial charge is 0 e. The van der Waals surface area contributed by atoms with Gasteiger partial charge in [0.1, 0.15) is 0 Å². The zero-order chi connectivity index (χ0) is 31.4. The van der Waals surface area contributed by atoms with Gasteiger partial charge in [-0.25, -0.2) is 11.6 Å². The van der Waals surface area contributed by atoms with Crippen molar-refractivity contribution < 1.29 is 45.3 Å². The van der Waals surface area contributed by atoms with Crippen LogP contribution in [-0.4, -0.2) is 149 Å². The van der Waals surface area contributed by atoms with Gasteiger partial charge in [0.15, 0.2) is 0 Å². The number of rotatable bonds is 2. The molecule has 0 spiro atoms. The SMILES string of the molecule is C1COCCN2CCOCCN(CCO1)CCOCC2.CC(C)(C)[S][Sn][S]C(C)(C)C.Cc1cc[cH-]c1.[C-]#[O+].[C-]#[O+].[Li].[Mn]. The average molecular weight is 782 g/mol. The van der Waals surface area contributed by atoms with Gasteiger partial charge >= 0.3 is 110 Å². The second-order valence-corrected chi connectivity index (χ2v) is 22.4. The van der Waals surface area contributed by atoms with E-state index in [1.54, 1.807) is 0 Å². The third kappa shape index (κ3) is 39.3. The fraction of sp³-hybridized carbons (Fsp3) is 0.767. The second kappa shape index (κ2) is 34.5. The van der Waals surface area contributed by atoms with Gasteiger partial charge in [-0.2, -0.15) is 18.2 Å². The van der Waals surface area contributed by atoms with Crippen molar-refractivity contribution >= 4 is 55.1 Å². The maximum absolute atomic E-state index is 7.50. The Bertz CT molecular complexity index is 676. The van der Waals surface area contributed by atoms with E-state index >= 15 is 0 Å². The summed E-state index contributed by atoms with van der Waals surface area (Å²) < 4.78 is 38.7. The molecule has 0 saturated carbocycles. The van der Waals surface area contributed by atoms with Crippen LogP contribution in [0.2, 0.25) is 0 Å². The Hall–Kier alpha value is 1.21. The molecule has 244 valence electrons. The van der Waals surface area contributed by atoms with Crippen LogP contribution in [0, 0.1) is 20.2 Å². The molecule has 2 bridgehead atoms. The first-order valence-corrected chi connectivity index (χ1v) is 22.6. The molecule has 0 atom stereocenters. The van der Waals surface area contributed by atoms with Crippen molar-refractivity contribution in [3.8, 4) is 0 Å². The summed E-state index contributed by atoms with van der Waals surface area (Å²) in [5, 5.41) is 0. The van der Waals surface area contributed by atoms with E-state index in [4.69, 9.17) is 28.3 Å². The largest absolute Gasteiger partial charge is 0 e. The Morgan fingerprint density at radius 1 is 0.674 bits per heavy atom. The standard InChI is InChI=1S/C14H28N2O4.C6H7.2C4H10S.2CO.Li.Mn.Sn/c1-7-17-9-3-16-4-10-18-8-2-15(1)5-11-19-13-14-20-12-6-16;1-6-4-2-3-5-6;2*1-4(2,3)5;2*1-2;;;/h1-14H2;2-5H,1H3;2*5H,1-3H3;;;;;/q;-1;;;;;;;+2/p-2. The molecule has 0 N–H and O–H groups in total. The van der Waals surface area contributed by atoms with Gasteiger partial charge in [-0.3, -0.25) is 9.80 Å². The van der Waals surface area contributed by atoms with Gasteiger partial charge in [-0.1, -0.05) is 6.92 Å². The van der Waals surface area contributed by atoms with Gasteiger partial charge in [0.2, 0.25) is 0 Å². The quantitative estimate of drug-likeness (QED) is 0.246. The minimum absolute atomic E-state index is 0. The molecule has 1 aromatic rings. The second-order valence-electron chi connectivity index (χ2n) is 11.1. The minimum Gasteiger partial charge on any atom is 0 e. The van der Waals surface area contributed by atoms with Crippen LogP contribution in [0.1, 0.15) is 47.1 Å². The van der Waals surface area contributed by atoms with E-state index in [1.165, 1.54) is 5.56 Å². The number of hydrogen-bond acceptors (Lipinski definition) is 8. The summed E-state index contributed by atoms with van der Waals surface area (Å²) in [6.07, 6.45) is 0. The zero-order valence-electron chi connectivity index (χ0n) is 27.7. The summed E-state index contributed by atoms with van der Waals surface area (Å²) in [6.45, 7) is 36.6. The van der Waals surface area contributed by atoms with E-state index < -0.39 is 0 Å². The molecular weight excluding hydrogens is 729 g/mol. The Balaban J connectivity index is -0.000000280. The Morgan fingerprint density at radius 3 is 1.19 bits per heavy atom. The number of hydrogen-bond donors (Lipinski definition) is 0. The molecule has 0 aromatic heterocycles. The molecule has 0 aliphatic carbocycles. The third-order valence-electron chi connectivity index (χ3n) is 5.21. The van der Waals surface area contributed by atoms with E-state index in [-0.39, 0.29) is 54.3 Å². The molecule has 3 aliphatic heterocycles. The fourth-order valence-corrected chi connectivity index (χ4v) is 19.2. The summed E-state index contributed by atoms with van der Waals surface area (Å²) in [4.78, 5) is 4.69. The van der Waals surface area contributed by atoms with Crippen LogP contribution in [-0.2, 0) is 45.3 Å². The molecular formula is C30H53LiMnN2O6S2Sn-. The van der Waals surface area contributed by atoms with Crippen LogP contribution < -0.4 is 0 Å². The zero-order valence-corrected chi connectivity index (χ0v) is 33.4. The van der Waals surface area contributed by atoms with E-state index in [9.17, 15) is 0 Å². The monoisotopic (exact) mass is 783 g/mol. The van der Waals surface area contributed by atoms with Gasteiger partial charge in [0.25, 0.3) is 0 Å². The van der Waals surface area contributed by atoms with E-state index in [0.717, 1.165) is 78.9 Å². The molecule has 1 aromatic carbocycles. The molecule has 3 heterocycles. The van der Waals surface area contributed by atoms with Gasteiger partial charge in [-0.05, 0) is 0 Å². The van der Waals surface area contributed by atoms with Crippen LogP contribution in [0.25, 0.3) is 0 Å². The van der Waals surface area contributed by atoms with Gasteiger partial charge < -0.3 is 18.9 Å². The minimum atomic E-state index is -0.225. The average Bonchev–Trinajstić information content (AvgIpc) is 3.39.